The topological polar surface area (TPSA) is 50.8 Å². The first-order valence-electron chi connectivity index (χ1n) is 10.8. The Morgan fingerprint density at radius 3 is 2.36 bits per heavy atom. The van der Waals surface area contributed by atoms with Gasteiger partial charge in [-0.25, -0.2) is 0 Å². The van der Waals surface area contributed by atoms with Crippen LogP contribution in [0.15, 0.2) is 24.3 Å². The fourth-order valence-electron chi connectivity index (χ4n) is 3.82. The van der Waals surface area contributed by atoms with Gasteiger partial charge in [-0.2, -0.15) is 0 Å². The number of carbonyl (C=O) groups excluding carboxylic acids is 1. The van der Waals surface area contributed by atoms with Gasteiger partial charge in [-0.3, -0.25) is 9.69 Å². The van der Waals surface area contributed by atoms with Crippen molar-refractivity contribution < 1.29 is 14.3 Å². The molecule has 1 heterocycles. The fraction of sp³-hybridized carbons (Fsp3) is 0.696. The number of nitrogens with one attached hydrogen (secondary N) is 1. The number of carbonyl (C=O) groups is 1. The van der Waals surface area contributed by atoms with E-state index in [4.69, 9.17) is 9.47 Å². The van der Waals surface area contributed by atoms with E-state index in [2.05, 4.69) is 24.1 Å². The summed E-state index contributed by atoms with van der Waals surface area (Å²) in [5.41, 5.74) is -0.0377. The van der Waals surface area contributed by atoms with Crippen LogP contribution in [0.5, 0.6) is 5.75 Å². The Morgan fingerprint density at radius 2 is 1.79 bits per heavy atom. The van der Waals surface area contributed by atoms with Crippen molar-refractivity contribution in [1.82, 2.24) is 4.90 Å². The van der Waals surface area contributed by atoms with Crippen molar-refractivity contribution in [3.05, 3.63) is 24.3 Å². The van der Waals surface area contributed by atoms with Crippen LogP contribution in [0.25, 0.3) is 0 Å². The zero-order chi connectivity index (χ0) is 20.6. The molecule has 0 aromatic heterocycles. The molecule has 3 atom stereocenters. The highest BCUT2D eigenvalue weighted by atomic mass is 16.5. The molecule has 0 bridgehead atoms. The lowest BCUT2D eigenvalue weighted by atomic mass is 9.92. The zero-order valence-electron chi connectivity index (χ0n) is 18.3. The van der Waals surface area contributed by atoms with Gasteiger partial charge in [-0.15, -0.1) is 0 Å². The van der Waals surface area contributed by atoms with Gasteiger partial charge in [-0.05, 0) is 62.3 Å². The Kier molecular flexibility index (Phi) is 8.77. The SMILES string of the molecule is CCCO[C@](C)(CC)C(=O)Nc1ccc(OCCN2C[C@H](C)C[C@@H](C)C2)cc1. The monoisotopic (exact) mass is 390 g/mol. The predicted octanol–water partition coefficient (Wildman–Crippen LogP) is 4.58. The highest BCUT2D eigenvalue weighted by Crippen LogP contribution is 2.22. The highest BCUT2D eigenvalue weighted by Gasteiger charge is 2.32. The van der Waals surface area contributed by atoms with E-state index in [1.165, 1.54) is 6.42 Å². The van der Waals surface area contributed by atoms with Crippen LogP contribution in [-0.4, -0.2) is 49.3 Å². The van der Waals surface area contributed by atoms with Gasteiger partial charge >= 0.3 is 0 Å². The van der Waals surface area contributed by atoms with Crippen molar-refractivity contribution in [3.63, 3.8) is 0 Å². The van der Waals surface area contributed by atoms with Gasteiger partial charge in [0.25, 0.3) is 5.91 Å². The number of nitrogens with zero attached hydrogens (tertiary/aromatic N) is 1. The average molecular weight is 391 g/mol. The second-order valence-electron chi connectivity index (χ2n) is 8.47. The summed E-state index contributed by atoms with van der Waals surface area (Å²) in [5, 5.41) is 2.96. The molecule has 1 amide bonds. The molecule has 1 N–H and O–H groups in total. The summed E-state index contributed by atoms with van der Waals surface area (Å²) in [6.07, 6.45) is 2.85. The number of hydrogen-bond donors (Lipinski definition) is 1. The van der Waals surface area contributed by atoms with Gasteiger partial charge in [0.2, 0.25) is 0 Å². The number of amides is 1. The summed E-state index contributed by atoms with van der Waals surface area (Å²) in [4.78, 5) is 15.1. The van der Waals surface area contributed by atoms with Gasteiger partial charge in [-0.1, -0.05) is 27.7 Å². The quantitative estimate of drug-likeness (QED) is 0.635. The van der Waals surface area contributed by atoms with Crippen molar-refractivity contribution in [2.75, 3.05) is 38.2 Å². The van der Waals surface area contributed by atoms with Crippen LogP contribution in [-0.2, 0) is 9.53 Å². The van der Waals surface area contributed by atoms with E-state index in [0.717, 1.165) is 49.3 Å². The second kappa shape index (κ2) is 10.8. The first-order chi connectivity index (χ1) is 13.4. The van der Waals surface area contributed by atoms with Crippen LogP contribution in [0.3, 0.4) is 0 Å². The molecule has 1 aliphatic heterocycles. The third-order valence-electron chi connectivity index (χ3n) is 5.51. The molecular weight excluding hydrogens is 352 g/mol. The average Bonchev–Trinajstić information content (AvgIpc) is 2.66. The van der Waals surface area contributed by atoms with Crippen molar-refractivity contribution >= 4 is 11.6 Å². The Hall–Kier alpha value is -1.59. The van der Waals surface area contributed by atoms with Crippen molar-refractivity contribution in [2.45, 2.75) is 59.5 Å². The van der Waals surface area contributed by atoms with Gasteiger partial charge < -0.3 is 14.8 Å². The molecule has 0 aliphatic carbocycles. The third kappa shape index (κ3) is 6.78. The maximum absolute atomic E-state index is 12.6. The van der Waals surface area contributed by atoms with Crippen molar-refractivity contribution in [3.8, 4) is 5.75 Å². The van der Waals surface area contributed by atoms with Crippen LogP contribution < -0.4 is 10.1 Å². The van der Waals surface area contributed by atoms with Crippen LogP contribution >= 0.6 is 0 Å². The lowest BCUT2D eigenvalue weighted by molar-refractivity contribution is -0.139. The van der Waals surface area contributed by atoms with E-state index < -0.39 is 5.60 Å². The summed E-state index contributed by atoms with van der Waals surface area (Å²) in [5.74, 6) is 2.26. The molecule has 0 spiro atoms. The van der Waals surface area contributed by atoms with E-state index >= 15 is 0 Å². The smallest absolute Gasteiger partial charge is 0.256 e. The minimum Gasteiger partial charge on any atom is -0.492 e. The maximum Gasteiger partial charge on any atom is 0.256 e. The summed E-state index contributed by atoms with van der Waals surface area (Å²) in [7, 11) is 0. The number of rotatable bonds is 10. The Morgan fingerprint density at radius 1 is 1.14 bits per heavy atom. The molecule has 1 fully saturated rings. The van der Waals surface area contributed by atoms with E-state index in [-0.39, 0.29) is 5.91 Å². The van der Waals surface area contributed by atoms with Gasteiger partial charge in [0.15, 0.2) is 0 Å². The summed E-state index contributed by atoms with van der Waals surface area (Å²) in [6, 6.07) is 7.59. The molecular formula is C23H38N2O3. The Labute approximate surface area is 170 Å². The summed E-state index contributed by atoms with van der Waals surface area (Å²) in [6.45, 7) is 15.1. The van der Waals surface area contributed by atoms with E-state index in [1.807, 2.05) is 45.0 Å². The standard InChI is InChI=1S/C23H38N2O3/c1-6-13-28-23(5,7-2)22(26)24-20-8-10-21(11-9-20)27-14-12-25-16-18(3)15-19(4)17-25/h8-11,18-19H,6-7,12-17H2,1-5H3,(H,24,26)/t18-,19-,23-/m1/s1. The highest BCUT2D eigenvalue weighted by molar-refractivity contribution is 5.97. The number of anilines is 1. The molecule has 1 aromatic carbocycles. The van der Waals surface area contributed by atoms with Gasteiger partial charge in [0.1, 0.15) is 18.0 Å². The first-order valence-corrected chi connectivity index (χ1v) is 10.8. The molecule has 2 rings (SSSR count). The third-order valence-corrected chi connectivity index (χ3v) is 5.51. The Bertz CT molecular complexity index is 594. The molecule has 0 saturated carbocycles. The Balaban J connectivity index is 1.80. The maximum atomic E-state index is 12.6. The van der Waals surface area contributed by atoms with Crippen LogP contribution in [0, 0.1) is 11.8 Å². The van der Waals surface area contributed by atoms with E-state index in [0.29, 0.717) is 19.6 Å². The number of ether oxygens (including phenoxy) is 2. The lowest BCUT2D eigenvalue weighted by Gasteiger charge is -2.34. The number of piperidine rings is 1. The largest absolute Gasteiger partial charge is 0.492 e. The van der Waals surface area contributed by atoms with Crippen molar-refractivity contribution in [1.29, 1.82) is 0 Å². The predicted molar refractivity (Wildman–Crippen MR) is 115 cm³/mol. The summed E-state index contributed by atoms with van der Waals surface area (Å²) >= 11 is 0. The lowest BCUT2D eigenvalue weighted by Crippen LogP contribution is -2.42. The molecule has 1 saturated heterocycles. The molecule has 28 heavy (non-hydrogen) atoms. The van der Waals surface area contributed by atoms with E-state index in [1.54, 1.807) is 0 Å². The molecule has 5 heteroatoms. The zero-order valence-corrected chi connectivity index (χ0v) is 18.3. The molecule has 1 aromatic rings. The number of benzene rings is 1. The minimum atomic E-state index is -0.798. The normalized spacial score (nSPS) is 22.5. The number of hydrogen-bond acceptors (Lipinski definition) is 4. The molecule has 158 valence electrons. The van der Waals surface area contributed by atoms with E-state index in [9.17, 15) is 4.79 Å². The van der Waals surface area contributed by atoms with Crippen LogP contribution in [0.2, 0.25) is 0 Å². The van der Waals surface area contributed by atoms with Crippen LogP contribution in [0.1, 0.15) is 53.9 Å². The molecule has 0 unspecified atom stereocenters. The van der Waals surface area contributed by atoms with Gasteiger partial charge in [0.05, 0.1) is 0 Å². The molecule has 5 nitrogen and oxygen atoms in total. The fourth-order valence-corrected chi connectivity index (χ4v) is 3.82. The van der Waals surface area contributed by atoms with Crippen LogP contribution in [0.4, 0.5) is 5.69 Å². The summed E-state index contributed by atoms with van der Waals surface area (Å²) < 4.78 is 11.7. The minimum absolute atomic E-state index is 0.106. The van der Waals surface area contributed by atoms with Crippen molar-refractivity contribution in [2.24, 2.45) is 11.8 Å². The van der Waals surface area contributed by atoms with Gasteiger partial charge in [0, 0.05) is 31.9 Å². The molecule has 0 radical (unpaired) electrons. The number of likely N-dealkylation sites (tertiary alicyclic amines) is 1. The second-order valence-corrected chi connectivity index (χ2v) is 8.47. The first kappa shape index (κ1) is 22.7. The molecule has 1 aliphatic rings.